The average Bonchev–Trinajstić information content (AvgIpc) is 3.77. The van der Waals surface area contributed by atoms with Crippen molar-refractivity contribution in [2.24, 2.45) is 0 Å². The molecule has 0 aliphatic carbocycles. The van der Waals surface area contributed by atoms with Crippen LogP contribution in [0.15, 0.2) is 102 Å². The van der Waals surface area contributed by atoms with Gasteiger partial charge in [-0.05, 0) is 73.4 Å². The number of carbonyl (C=O) groups is 3. The molecule has 0 unspecified atom stereocenters. The van der Waals surface area contributed by atoms with E-state index < -0.39 is 10.1 Å². The van der Waals surface area contributed by atoms with Crippen LogP contribution >= 0.6 is 0 Å². The maximum atomic E-state index is 13.9. The van der Waals surface area contributed by atoms with E-state index >= 15 is 0 Å². The van der Waals surface area contributed by atoms with Crippen molar-refractivity contribution in [3.63, 3.8) is 0 Å². The predicted octanol–water partition coefficient (Wildman–Crippen LogP) is 16.0. The Hall–Kier alpha value is -5.10. The molecule has 0 aromatic heterocycles. The minimum absolute atomic E-state index is 0.00896. The van der Waals surface area contributed by atoms with Crippen LogP contribution in [-0.4, -0.2) is 55.9 Å². The highest BCUT2D eigenvalue weighted by Gasteiger charge is 2.41. The van der Waals surface area contributed by atoms with E-state index in [-0.39, 0.29) is 27.1 Å². The fraction of sp³-hybridized carbons (Fsp3) is 0.525. The largest absolute Gasteiger partial charge is 0.744 e. The zero-order valence-corrected chi connectivity index (χ0v) is 45.1. The van der Waals surface area contributed by atoms with E-state index in [0.29, 0.717) is 32.5 Å². The molecule has 72 heavy (non-hydrogen) atoms. The Morgan fingerprint density at radius 1 is 0.556 bits per heavy atom. The van der Waals surface area contributed by atoms with Gasteiger partial charge in [-0.3, -0.25) is 19.3 Å². The molecular weight excluding hydrogens is 917 g/mol. The Morgan fingerprint density at radius 2 is 0.944 bits per heavy atom. The number of quaternary nitrogens is 1. The van der Waals surface area contributed by atoms with Gasteiger partial charge in [0.1, 0.15) is 21.5 Å². The third kappa shape index (κ3) is 18.4. The van der Waals surface area contributed by atoms with E-state index in [1.54, 1.807) is 12.1 Å². The van der Waals surface area contributed by atoms with Crippen molar-refractivity contribution in [3.8, 4) is 0 Å². The molecule has 2 N–H and O–H groups in total. The highest BCUT2D eigenvalue weighted by atomic mass is 32.2. The zero-order chi connectivity index (χ0) is 51.6. The van der Waals surface area contributed by atoms with Crippen LogP contribution in [0.5, 0.6) is 0 Å². The highest BCUT2D eigenvalue weighted by molar-refractivity contribution is 7.85. The minimum atomic E-state index is -4.27. The first kappa shape index (κ1) is 57.8. The third-order valence-electron chi connectivity index (χ3n) is 14.3. The number of amides is 3. The SMILES string of the molecule is CCCCCCCCCCCCCC(=O)Nc1ccc2ccccc2c1[N+](C)(CN1CCCC1=O)c1c(NC(=O)CCCCCCCCCCCCC)ccc2ccccc12.Cc1ccc(S(=O)(=O)[O-])cc1. The number of benzene rings is 5. The number of fused-ring (bicyclic) bond motifs is 2. The summed E-state index contributed by atoms with van der Waals surface area (Å²) in [6.07, 6.45) is 29.5. The van der Waals surface area contributed by atoms with Gasteiger partial charge in [-0.25, -0.2) is 12.9 Å². The number of unbranched alkanes of at least 4 members (excludes halogenated alkanes) is 20. The van der Waals surface area contributed by atoms with Crippen molar-refractivity contribution in [1.82, 2.24) is 9.38 Å². The molecule has 0 radical (unpaired) electrons. The van der Waals surface area contributed by atoms with E-state index in [1.807, 2.05) is 48.2 Å². The monoisotopic (exact) mass is 1000 g/mol. The summed E-state index contributed by atoms with van der Waals surface area (Å²) in [5.41, 5.74) is 4.25. The van der Waals surface area contributed by atoms with E-state index in [9.17, 15) is 27.4 Å². The summed E-state index contributed by atoms with van der Waals surface area (Å²) < 4.78 is 31.4. The number of nitrogens with one attached hydrogen (secondary N) is 2. The van der Waals surface area contributed by atoms with E-state index in [4.69, 9.17) is 0 Å². The number of carbonyl (C=O) groups excluding carboxylic acids is 3. The van der Waals surface area contributed by atoms with Gasteiger partial charge < -0.3 is 15.2 Å². The van der Waals surface area contributed by atoms with Crippen molar-refractivity contribution in [2.45, 2.75) is 193 Å². The molecule has 0 saturated carbocycles. The number of hydrogen-bond acceptors (Lipinski definition) is 6. The Balaban J connectivity index is 0.000000771. The predicted molar refractivity (Wildman–Crippen MR) is 300 cm³/mol. The average molecular weight is 1000 g/mol. The van der Waals surface area contributed by atoms with Crippen LogP contribution in [0.4, 0.5) is 22.7 Å². The molecule has 1 aliphatic heterocycles. The first-order valence-corrected chi connectivity index (χ1v) is 29.1. The van der Waals surface area contributed by atoms with Gasteiger partial charge in [-0.1, -0.05) is 208 Å². The van der Waals surface area contributed by atoms with Gasteiger partial charge >= 0.3 is 0 Å². The van der Waals surface area contributed by atoms with E-state index in [2.05, 4.69) is 67.9 Å². The summed E-state index contributed by atoms with van der Waals surface area (Å²) in [6.45, 7) is 7.39. The van der Waals surface area contributed by atoms with Crippen molar-refractivity contribution >= 4 is 72.1 Å². The summed E-state index contributed by atoms with van der Waals surface area (Å²) >= 11 is 0. The summed E-state index contributed by atoms with van der Waals surface area (Å²) in [7, 11) is -2.11. The molecule has 5 aromatic carbocycles. The first-order valence-electron chi connectivity index (χ1n) is 27.7. The van der Waals surface area contributed by atoms with E-state index in [1.165, 1.54) is 115 Å². The molecule has 1 saturated heterocycles. The number of anilines is 2. The smallest absolute Gasteiger partial charge is 0.226 e. The van der Waals surface area contributed by atoms with Crippen molar-refractivity contribution in [3.05, 3.63) is 103 Å². The van der Waals surface area contributed by atoms with Gasteiger partial charge in [0.2, 0.25) is 17.7 Å². The number of hydrogen-bond donors (Lipinski definition) is 2. The van der Waals surface area contributed by atoms with Crippen LogP contribution < -0.4 is 15.1 Å². The Kier molecular flexibility index (Phi) is 24.7. The lowest BCUT2D eigenvalue weighted by molar-refractivity contribution is -0.128. The minimum Gasteiger partial charge on any atom is -0.744 e. The van der Waals surface area contributed by atoms with Crippen LogP contribution in [0.3, 0.4) is 0 Å². The number of aryl methyl sites for hydroxylation is 1. The van der Waals surface area contributed by atoms with Crippen LogP contribution in [0.25, 0.3) is 21.5 Å². The molecule has 392 valence electrons. The van der Waals surface area contributed by atoms with Crippen molar-refractivity contribution in [1.29, 1.82) is 0 Å². The number of likely N-dealkylation sites (tertiary alicyclic amines) is 1. The number of nitrogens with zero attached hydrogens (tertiary/aromatic N) is 2. The van der Waals surface area contributed by atoms with Gasteiger partial charge in [0, 0.05) is 36.6 Å². The molecule has 0 bridgehead atoms. The highest BCUT2D eigenvalue weighted by Crippen LogP contribution is 2.49. The molecule has 1 aliphatic rings. The summed E-state index contributed by atoms with van der Waals surface area (Å²) in [6, 6.07) is 30.7. The molecule has 1 fully saturated rings. The fourth-order valence-electron chi connectivity index (χ4n) is 10.3. The maximum absolute atomic E-state index is 13.9. The second kappa shape index (κ2) is 30.8. The van der Waals surface area contributed by atoms with Crippen LogP contribution in [0.1, 0.15) is 186 Å². The molecule has 6 rings (SSSR count). The lowest BCUT2D eigenvalue weighted by Gasteiger charge is -2.40. The summed E-state index contributed by atoms with van der Waals surface area (Å²) in [5.74, 6) is 0.151. The lowest BCUT2D eigenvalue weighted by atomic mass is 10.00. The molecule has 3 amide bonds. The molecule has 5 aromatic rings. The Bertz CT molecular complexity index is 2440. The molecule has 10 nitrogen and oxygen atoms in total. The van der Waals surface area contributed by atoms with Crippen LogP contribution in [-0.2, 0) is 24.5 Å². The Morgan fingerprint density at radius 3 is 1.32 bits per heavy atom. The summed E-state index contributed by atoms with van der Waals surface area (Å²) in [5, 5.41) is 10.9. The zero-order valence-electron chi connectivity index (χ0n) is 44.3. The lowest BCUT2D eigenvalue weighted by Crippen LogP contribution is -2.50. The normalized spacial score (nSPS) is 12.8. The van der Waals surface area contributed by atoms with E-state index in [0.717, 1.165) is 94.8 Å². The number of rotatable bonds is 31. The van der Waals surface area contributed by atoms with Gasteiger partial charge in [0.05, 0.1) is 11.9 Å². The van der Waals surface area contributed by atoms with Gasteiger partial charge in [-0.2, -0.15) is 0 Å². The van der Waals surface area contributed by atoms with Gasteiger partial charge in [0.25, 0.3) is 0 Å². The van der Waals surface area contributed by atoms with Gasteiger partial charge in [0.15, 0.2) is 18.0 Å². The van der Waals surface area contributed by atoms with Crippen molar-refractivity contribution in [2.75, 3.05) is 30.9 Å². The molecule has 1 heterocycles. The first-order chi connectivity index (χ1) is 34.8. The maximum Gasteiger partial charge on any atom is 0.226 e. The molecule has 0 atom stereocenters. The second-order valence-electron chi connectivity index (χ2n) is 20.4. The van der Waals surface area contributed by atoms with Crippen LogP contribution in [0, 0.1) is 6.92 Å². The van der Waals surface area contributed by atoms with Gasteiger partial charge in [-0.15, -0.1) is 0 Å². The third-order valence-corrected chi connectivity index (χ3v) is 15.1. The molecule has 0 spiro atoms. The standard InChI is InChI=1S/C54H78N4O3.C7H8O3S/c1-4-6-8-10-12-14-16-18-20-22-24-35-50(59)55-48-40-38-44-31-26-28-33-46(44)53(48)58(3,43-57-42-30-37-52(57)61)54-47-34-29-27-32-45(47)39-41-49(54)56-51(60)36-25-23-21-19-17-15-13-11-9-7-5-2;1-6-2-4-7(5-3-6)11(8,9)10/h26-29,31-34,38-41H,4-25,30,35-37,42-43H2,1-3H3,(H-,55,56,59,60);2-5H,1H3,(H,8,9,10). The quantitative estimate of drug-likeness (QED) is 0.0258. The second-order valence-corrected chi connectivity index (χ2v) is 21.8. The fourth-order valence-corrected chi connectivity index (χ4v) is 10.7. The topological polar surface area (TPSA) is 136 Å². The molecule has 11 heteroatoms. The Labute approximate surface area is 433 Å². The van der Waals surface area contributed by atoms with Crippen molar-refractivity contribution < 1.29 is 27.4 Å². The summed E-state index contributed by atoms with van der Waals surface area (Å²) in [4.78, 5) is 43.0. The van der Waals surface area contributed by atoms with Crippen LogP contribution in [0.2, 0.25) is 0 Å². The molecular formula is C61H86N4O6S.